The Labute approximate surface area is 143 Å². The van der Waals surface area contributed by atoms with E-state index in [2.05, 4.69) is 41.4 Å². The maximum Gasteiger partial charge on any atom is 0.224 e. The SMILES string of the molecule is Cc1ccc(C2CCCN2C(=O)CC2CSCCN2)cc1.Cl. The quantitative estimate of drug-likeness (QED) is 0.917. The number of carbonyl (C=O) groups excluding carboxylic acids is 1. The lowest BCUT2D eigenvalue weighted by Crippen LogP contribution is -2.42. The number of carbonyl (C=O) groups is 1. The summed E-state index contributed by atoms with van der Waals surface area (Å²) in [6.45, 7) is 4.05. The highest BCUT2D eigenvalue weighted by Crippen LogP contribution is 2.32. The highest BCUT2D eigenvalue weighted by atomic mass is 35.5. The normalized spacial score (nSPS) is 24.9. The van der Waals surface area contributed by atoms with Crippen molar-refractivity contribution < 1.29 is 4.79 Å². The second kappa shape index (κ2) is 8.23. The van der Waals surface area contributed by atoms with Crippen LogP contribution in [0.1, 0.15) is 36.4 Å². The lowest BCUT2D eigenvalue weighted by atomic mass is 10.0. The predicted molar refractivity (Wildman–Crippen MR) is 95.8 cm³/mol. The molecule has 122 valence electrons. The van der Waals surface area contributed by atoms with E-state index in [-0.39, 0.29) is 18.4 Å². The highest BCUT2D eigenvalue weighted by molar-refractivity contribution is 7.99. The maximum atomic E-state index is 12.6. The number of aryl methyl sites for hydroxylation is 1. The van der Waals surface area contributed by atoms with Crippen molar-refractivity contribution in [2.24, 2.45) is 0 Å². The van der Waals surface area contributed by atoms with Crippen LogP contribution in [-0.2, 0) is 4.79 Å². The van der Waals surface area contributed by atoms with E-state index in [1.165, 1.54) is 16.9 Å². The minimum atomic E-state index is 0. The number of likely N-dealkylation sites (tertiary alicyclic amines) is 1. The number of benzene rings is 1. The Morgan fingerprint density at radius 3 is 2.82 bits per heavy atom. The summed E-state index contributed by atoms with van der Waals surface area (Å²) in [4.78, 5) is 14.7. The van der Waals surface area contributed by atoms with Crippen molar-refractivity contribution in [3.8, 4) is 0 Å². The summed E-state index contributed by atoms with van der Waals surface area (Å²) in [5.74, 6) is 2.55. The van der Waals surface area contributed by atoms with Gasteiger partial charge in [0.15, 0.2) is 0 Å². The summed E-state index contributed by atoms with van der Waals surface area (Å²) in [5, 5.41) is 3.47. The molecule has 1 aromatic rings. The van der Waals surface area contributed by atoms with Crippen LogP contribution in [0.3, 0.4) is 0 Å². The van der Waals surface area contributed by atoms with Crippen LogP contribution in [0.15, 0.2) is 24.3 Å². The zero-order valence-corrected chi connectivity index (χ0v) is 14.7. The van der Waals surface area contributed by atoms with Crippen molar-refractivity contribution in [3.63, 3.8) is 0 Å². The number of halogens is 1. The summed E-state index contributed by atoms with van der Waals surface area (Å²) >= 11 is 1.95. The molecular formula is C17H25ClN2OS. The first kappa shape index (κ1) is 17.6. The molecule has 3 rings (SSSR count). The number of thioether (sulfide) groups is 1. The molecule has 2 heterocycles. The van der Waals surface area contributed by atoms with Gasteiger partial charge in [-0.05, 0) is 25.3 Å². The average molecular weight is 341 g/mol. The Bertz CT molecular complexity index is 488. The number of hydrogen-bond donors (Lipinski definition) is 1. The van der Waals surface area contributed by atoms with E-state index in [1.807, 2.05) is 11.8 Å². The Morgan fingerprint density at radius 1 is 1.36 bits per heavy atom. The van der Waals surface area contributed by atoms with Crippen LogP contribution in [0.4, 0.5) is 0 Å². The zero-order chi connectivity index (χ0) is 14.7. The Hall–Kier alpha value is -0.710. The first-order chi connectivity index (χ1) is 10.2. The lowest BCUT2D eigenvalue weighted by molar-refractivity contribution is -0.132. The molecule has 2 saturated heterocycles. The predicted octanol–water partition coefficient (Wildman–Crippen LogP) is 3.18. The fraction of sp³-hybridized carbons (Fsp3) is 0.588. The molecule has 0 bridgehead atoms. The average Bonchev–Trinajstić information content (AvgIpc) is 2.98. The van der Waals surface area contributed by atoms with Crippen LogP contribution in [0.2, 0.25) is 0 Å². The summed E-state index contributed by atoms with van der Waals surface area (Å²) in [7, 11) is 0. The second-order valence-corrected chi connectivity index (χ2v) is 7.24. The van der Waals surface area contributed by atoms with Gasteiger partial charge >= 0.3 is 0 Å². The topological polar surface area (TPSA) is 32.3 Å². The van der Waals surface area contributed by atoms with Gasteiger partial charge in [-0.15, -0.1) is 12.4 Å². The molecule has 2 aliphatic heterocycles. The van der Waals surface area contributed by atoms with Crippen molar-refractivity contribution in [2.45, 2.75) is 38.3 Å². The Morgan fingerprint density at radius 2 is 2.14 bits per heavy atom. The van der Waals surface area contributed by atoms with Crippen molar-refractivity contribution in [2.75, 3.05) is 24.6 Å². The molecule has 0 aromatic heterocycles. The van der Waals surface area contributed by atoms with Crippen molar-refractivity contribution in [1.29, 1.82) is 0 Å². The van der Waals surface area contributed by atoms with E-state index < -0.39 is 0 Å². The van der Waals surface area contributed by atoms with Gasteiger partial charge in [-0.2, -0.15) is 11.8 Å². The largest absolute Gasteiger partial charge is 0.336 e. The Kier molecular flexibility index (Phi) is 6.60. The monoisotopic (exact) mass is 340 g/mol. The zero-order valence-electron chi connectivity index (χ0n) is 13.1. The van der Waals surface area contributed by atoms with E-state index >= 15 is 0 Å². The Balaban J connectivity index is 0.00000176. The third-order valence-electron chi connectivity index (χ3n) is 4.45. The molecule has 1 N–H and O–H groups in total. The van der Waals surface area contributed by atoms with Crippen LogP contribution in [0.5, 0.6) is 0 Å². The third-order valence-corrected chi connectivity index (χ3v) is 5.59. The van der Waals surface area contributed by atoms with Crippen molar-refractivity contribution in [3.05, 3.63) is 35.4 Å². The van der Waals surface area contributed by atoms with Crippen LogP contribution >= 0.6 is 24.2 Å². The first-order valence-corrected chi connectivity index (χ1v) is 9.06. The van der Waals surface area contributed by atoms with Gasteiger partial charge in [0.25, 0.3) is 0 Å². The molecule has 2 atom stereocenters. The van der Waals surface area contributed by atoms with Crippen LogP contribution < -0.4 is 5.32 Å². The highest BCUT2D eigenvalue weighted by Gasteiger charge is 2.31. The van der Waals surface area contributed by atoms with Gasteiger partial charge in [-0.1, -0.05) is 29.8 Å². The van der Waals surface area contributed by atoms with Crippen molar-refractivity contribution >= 4 is 30.1 Å². The van der Waals surface area contributed by atoms with Gasteiger partial charge < -0.3 is 10.2 Å². The van der Waals surface area contributed by atoms with E-state index in [1.54, 1.807) is 0 Å². The smallest absolute Gasteiger partial charge is 0.224 e. The number of nitrogens with one attached hydrogen (secondary N) is 1. The van der Waals surface area contributed by atoms with Crippen LogP contribution in [0.25, 0.3) is 0 Å². The molecule has 0 radical (unpaired) electrons. The summed E-state index contributed by atoms with van der Waals surface area (Å²) < 4.78 is 0. The number of nitrogens with zero attached hydrogens (tertiary/aromatic N) is 1. The molecule has 2 aliphatic rings. The molecular weight excluding hydrogens is 316 g/mol. The molecule has 0 spiro atoms. The van der Waals surface area contributed by atoms with Crippen LogP contribution in [0, 0.1) is 6.92 Å². The number of hydrogen-bond acceptors (Lipinski definition) is 3. The molecule has 5 heteroatoms. The molecule has 0 aliphatic carbocycles. The number of rotatable bonds is 3. The standard InChI is InChI=1S/C17H24N2OS.ClH/c1-13-4-6-14(7-5-13)16-3-2-9-19(16)17(20)11-15-12-21-10-8-18-15;/h4-7,15-16,18H,2-3,8-12H2,1H3;1H. The molecule has 3 nitrogen and oxygen atoms in total. The van der Waals surface area contributed by atoms with E-state index in [0.29, 0.717) is 18.4 Å². The lowest BCUT2D eigenvalue weighted by Gasteiger charge is -2.29. The molecule has 1 amide bonds. The third kappa shape index (κ3) is 4.18. The van der Waals surface area contributed by atoms with E-state index in [4.69, 9.17) is 0 Å². The first-order valence-electron chi connectivity index (χ1n) is 7.91. The van der Waals surface area contributed by atoms with Crippen LogP contribution in [-0.4, -0.2) is 41.4 Å². The van der Waals surface area contributed by atoms with E-state index in [9.17, 15) is 4.79 Å². The fourth-order valence-corrected chi connectivity index (χ4v) is 4.23. The van der Waals surface area contributed by atoms with Gasteiger partial charge in [0.05, 0.1) is 6.04 Å². The summed E-state index contributed by atoms with van der Waals surface area (Å²) in [5.41, 5.74) is 2.57. The summed E-state index contributed by atoms with van der Waals surface area (Å²) in [6, 6.07) is 9.30. The second-order valence-electron chi connectivity index (χ2n) is 6.09. The van der Waals surface area contributed by atoms with Gasteiger partial charge in [-0.3, -0.25) is 4.79 Å². The summed E-state index contributed by atoms with van der Waals surface area (Å²) in [6.07, 6.45) is 2.87. The minimum Gasteiger partial charge on any atom is -0.336 e. The maximum absolute atomic E-state index is 12.6. The molecule has 1 aromatic carbocycles. The molecule has 0 saturated carbocycles. The fourth-order valence-electron chi connectivity index (χ4n) is 3.28. The van der Waals surface area contributed by atoms with Gasteiger partial charge in [0, 0.05) is 37.1 Å². The molecule has 2 fully saturated rings. The minimum absolute atomic E-state index is 0. The molecule has 22 heavy (non-hydrogen) atoms. The molecule has 2 unspecified atom stereocenters. The van der Waals surface area contributed by atoms with Gasteiger partial charge in [-0.25, -0.2) is 0 Å². The van der Waals surface area contributed by atoms with E-state index in [0.717, 1.165) is 31.7 Å². The van der Waals surface area contributed by atoms with Gasteiger partial charge in [0.1, 0.15) is 0 Å². The van der Waals surface area contributed by atoms with Gasteiger partial charge in [0.2, 0.25) is 5.91 Å². The number of amides is 1. The van der Waals surface area contributed by atoms with Crippen molar-refractivity contribution in [1.82, 2.24) is 10.2 Å².